The van der Waals surface area contributed by atoms with E-state index >= 15 is 0 Å². The second-order valence-corrected chi connectivity index (χ2v) is 8.37. The lowest BCUT2D eigenvalue weighted by Gasteiger charge is -2.31. The fraction of sp³-hybridized carbons (Fsp3) is 0.316. The average Bonchev–Trinajstić information content (AvgIpc) is 3.40. The minimum absolute atomic E-state index is 0.289. The summed E-state index contributed by atoms with van der Waals surface area (Å²) in [5, 5.41) is 4.26. The maximum atomic E-state index is 13.1. The number of morpholine rings is 1. The van der Waals surface area contributed by atoms with Crippen molar-refractivity contribution in [1.82, 2.24) is 18.7 Å². The maximum Gasteiger partial charge on any atom is 0.243 e. The minimum atomic E-state index is -3.57. The van der Waals surface area contributed by atoms with Crippen molar-refractivity contribution >= 4 is 10.0 Å². The van der Waals surface area contributed by atoms with E-state index in [1.54, 1.807) is 18.3 Å². The van der Waals surface area contributed by atoms with E-state index in [-0.39, 0.29) is 12.6 Å². The number of rotatable bonds is 5. The van der Waals surface area contributed by atoms with Gasteiger partial charge < -0.3 is 9.30 Å². The number of aromatic nitrogens is 3. The first kappa shape index (κ1) is 18.0. The van der Waals surface area contributed by atoms with Gasteiger partial charge in [0.2, 0.25) is 10.0 Å². The van der Waals surface area contributed by atoms with Gasteiger partial charge in [-0.1, -0.05) is 0 Å². The molecular formula is C19H22N4O3S. The molecule has 1 atom stereocenters. The summed E-state index contributed by atoms with van der Waals surface area (Å²) in [6, 6.07) is 10.8. The van der Waals surface area contributed by atoms with Crippen LogP contribution < -0.4 is 0 Å². The van der Waals surface area contributed by atoms with Gasteiger partial charge in [0.05, 0.1) is 23.8 Å². The van der Waals surface area contributed by atoms with Crippen molar-refractivity contribution in [3.05, 3.63) is 66.7 Å². The number of aryl methyl sites for hydroxylation is 1. The van der Waals surface area contributed by atoms with Crippen LogP contribution in [-0.4, -0.2) is 46.8 Å². The molecule has 3 heterocycles. The normalized spacial score (nSPS) is 18.6. The van der Waals surface area contributed by atoms with E-state index in [0.717, 1.165) is 17.8 Å². The molecule has 0 aliphatic carbocycles. The molecule has 0 spiro atoms. The lowest BCUT2D eigenvalue weighted by molar-refractivity contribution is -0.00260. The first-order valence-electron chi connectivity index (χ1n) is 8.95. The summed E-state index contributed by atoms with van der Waals surface area (Å²) in [7, 11) is -3.57. The molecule has 0 bridgehead atoms. The van der Waals surface area contributed by atoms with Crippen molar-refractivity contribution in [2.24, 2.45) is 0 Å². The summed E-state index contributed by atoms with van der Waals surface area (Å²) in [5.74, 6) is 0. The third-order valence-electron chi connectivity index (χ3n) is 4.76. The average molecular weight is 386 g/mol. The molecule has 1 aromatic carbocycles. The largest absolute Gasteiger partial charge is 0.371 e. The van der Waals surface area contributed by atoms with Gasteiger partial charge in [-0.25, -0.2) is 8.42 Å². The van der Waals surface area contributed by atoms with Gasteiger partial charge in [-0.3, -0.25) is 4.68 Å². The fourth-order valence-electron chi connectivity index (χ4n) is 3.21. The van der Waals surface area contributed by atoms with E-state index < -0.39 is 10.0 Å². The van der Waals surface area contributed by atoms with Crippen molar-refractivity contribution in [2.75, 3.05) is 19.7 Å². The molecule has 1 fully saturated rings. The molecule has 3 aromatic rings. The van der Waals surface area contributed by atoms with Crippen LogP contribution in [0.5, 0.6) is 0 Å². The van der Waals surface area contributed by atoms with Gasteiger partial charge >= 0.3 is 0 Å². The van der Waals surface area contributed by atoms with Gasteiger partial charge in [-0.2, -0.15) is 9.40 Å². The van der Waals surface area contributed by atoms with Crippen LogP contribution >= 0.6 is 0 Å². The number of nitrogens with zero attached hydrogens (tertiary/aromatic N) is 4. The number of benzene rings is 1. The Morgan fingerprint density at radius 3 is 2.59 bits per heavy atom. The molecule has 1 aliphatic rings. The predicted molar refractivity (Wildman–Crippen MR) is 101 cm³/mol. The molecule has 0 radical (unpaired) electrons. The van der Waals surface area contributed by atoms with Gasteiger partial charge in [0.15, 0.2) is 0 Å². The summed E-state index contributed by atoms with van der Waals surface area (Å²) >= 11 is 0. The summed E-state index contributed by atoms with van der Waals surface area (Å²) in [6.07, 6.45) is 7.20. The van der Waals surface area contributed by atoms with Gasteiger partial charge in [0.1, 0.15) is 0 Å². The molecule has 0 amide bonds. The van der Waals surface area contributed by atoms with E-state index in [4.69, 9.17) is 4.74 Å². The Morgan fingerprint density at radius 2 is 1.93 bits per heavy atom. The Kier molecular flexibility index (Phi) is 4.86. The zero-order valence-corrected chi connectivity index (χ0v) is 15.9. The summed E-state index contributed by atoms with van der Waals surface area (Å²) < 4.78 is 37.2. The van der Waals surface area contributed by atoms with Crippen molar-refractivity contribution in [2.45, 2.75) is 24.5 Å². The van der Waals surface area contributed by atoms with E-state index in [0.29, 0.717) is 18.0 Å². The highest BCUT2D eigenvalue weighted by atomic mass is 32.2. The summed E-state index contributed by atoms with van der Waals surface area (Å²) in [6.45, 7) is 3.77. The molecule has 8 heteroatoms. The van der Waals surface area contributed by atoms with Crippen LogP contribution in [0.2, 0.25) is 0 Å². The van der Waals surface area contributed by atoms with Crippen LogP contribution in [0.15, 0.2) is 66.1 Å². The zero-order valence-electron chi connectivity index (χ0n) is 15.1. The van der Waals surface area contributed by atoms with Crippen molar-refractivity contribution in [3.63, 3.8) is 0 Å². The molecule has 1 saturated heterocycles. The molecular weight excluding hydrogens is 364 g/mol. The molecule has 142 valence electrons. The van der Waals surface area contributed by atoms with Crippen LogP contribution in [0.1, 0.15) is 18.6 Å². The quantitative estimate of drug-likeness (QED) is 0.675. The zero-order chi connectivity index (χ0) is 18.9. The molecule has 2 aromatic heterocycles. The Balaban J connectivity index is 1.54. The van der Waals surface area contributed by atoms with Crippen molar-refractivity contribution < 1.29 is 13.2 Å². The smallest absolute Gasteiger partial charge is 0.243 e. The van der Waals surface area contributed by atoms with Crippen LogP contribution in [0, 0.1) is 0 Å². The van der Waals surface area contributed by atoms with E-state index in [2.05, 4.69) is 5.10 Å². The fourth-order valence-corrected chi connectivity index (χ4v) is 4.64. The number of sulfonamides is 1. The molecule has 4 rings (SSSR count). The Hall–Kier alpha value is -2.42. The lowest BCUT2D eigenvalue weighted by atomic mass is 10.2. The van der Waals surface area contributed by atoms with Gasteiger partial charge in [0, 0.05) is 49.5 Å². The Bertz CT molecular complexity index is 994. The molecule has 0 N–H and O–H groups in total. The molecule has 0 saturated carbocycles. The Morgan fingerprint density at radius 1 is 1.19 bits per heavy atom. The third-order valence-corrected chi connectivity index (χ3v) is 6.63. The SMILES string of the molecule is CCn1cc([C@@H]2CN(S(=O)(=O)c3ccc(-n4cccc4)cc3)CCO2)cn1. The second kappa shape index (κ2) is 7.30. The second-order valence-electron chi connectivity index (χ2n) is 6.44. The van der Waals surface area contributed by atoms with Crippen molar-refractivity contribution in [3.8, 4) is 5.69 Å². The number of hydrogen-bond donors (Lipinski definition) is 0. The molecule has 0 unspecified atom stereocenters. The van der Waals surface area contributed by atoms with E-state index in [1.165, 1.54) is 4.31 Å². The molecule has 27 heavy (non-hydrogen) atoms. The topological polar surface area (TPSA) is 69.4 Å². The maximum absolute atomic E-state index is 13.1. The minimum Gasteiger partial charge on any atom is -0.371 e. The van der Waals surface area contributed by atoms with Crippen LogP contribution in [0.4, 0.5) is 0 Å². The van der Waals surface area contributed by atoms with Crippen LogP contribution in [0.25, 0.3) is 5.69 Å². The Labute approximate surface area is 158 Å². The van der Waals surface area contributed by atoms with Crippen LogP contribution in [-0.2, 0) is 21.3 Å². The summed E-state index contributed by atoms with van der Waals surface area (Å²) in [4.78, 5) is 0.295. The number of ether oxygens (including phenoxy) is 1. The van der Waals surface area contributed by atoms with E-state index in [9.17, 15) is 8.42 Å². The first-order chi connectivity index (χ1) is 13.1. The molecule has 1 aliphatic heterocycles. The van der Waals surface area contributed by atoms with Crippen LogP contribution in [0.3, 0.4) is 0 Å². The van der Waals surface area contributed by atoms with Gasteiger partial charge in [0.25, 0.3) is 0 Å². The first-order valence-corrected chi connectivity index (χ1v) is 10.4. The molecule has 7 nitrogen and oxygen atoms in total. The van der Waals surface area contributed by atoms with Crippen molar-refractivity contribution in [1.29, 1.82) is 0 Å². The highest BCUT2D eigenvalue weighted by Crippen LogP contribution is 2.26. The van der Waals surface area contributed by atoms with Gasteiger partial charge in [-0.15, -0.1) is 0 Å². The van der Waals surface area contributed by atoms with Gasteiger partial charge in [-0.05, 0) is 43.3 Å². The predicted octanol–water partition coefficient (Wildman–Crippen LogP) is 2.46. The number of hydrogen-bond acceptors (Lipinski definition) is 4. The highest BCUT2D eigenvalue weighted by molar-refractivity contribution is 7.89. The third kappa shape index (κ3) is 3.55. The lowest BCUT2D eigenvalue weighted by Crippen LogP contribution is -2.42. The highest BCUT2D eigenvalue weighted by Gasteiger charge is 2.32. The monoisotopic (exact) mass is 386 g/mol. The standard InChI is InChI=1S/C19H22N4O3S/c1-2-22-14-16(13-20-22)19-15-23(11-12-26-19)27(24,25)18-7-5-17(6-8-18)21-9-3-4-10-21/h3-10,13-14,19H,2,11-12,15H2,1H3/t19-/m0/s1. The summed E-state index contributed by atoms with van der Waals surface area (Å²) in [5.41, 5.74) is 1.82. The van der Waals surface area contributed by atoms with E-state index in [1.807, 2.05) is 59.0 Å².